The van der Waals surface area contributed by atoms with Gasteiger partial charge in [0.25, 0.3) is 0 Å². The van der Waals surface area contributed by atoms with Gasteiger partial charge >= 0.3 is 0 Å². The smallest absolute Gasteiger partial charge is 0.184 e. The monoisotopic (exact) mass is 199 g/mol. The van der Waals surface area contributed by atoms with Crippen molar-refractivity contribution >= 4 is 11.6 Å². The molecule has 13 heavy (non-hydrogen) atoms. The molecule has 0 bridgehead atoms. The van der Waals surface area contributed by atoms with Crippen molar-refractivity contribution in [2.75, 3.05) is 13.7 Å². The fourth-order valence-electron chi connectivity index (χ4n) is 1.19. The van der Waals surface area contributed by atoms with Gasteiger partial charge < -0.3 is 9.47 Å². The van der Waals surface area contributed by atoms with E-state index in [-0.39, 0.29) is 6.23 Å². The van der Waals surface area contributed by atoms with Crippen LogP contribution in [0.1, 0.15) is 0 Å². The van der Waals surface area contributed by atoms with Crippen molar-refractivity contribution in [3.63, 3.8) is 0 Å². The number of rotatable bonds is 1. The van der Waals surface area contributed by atoms with Crippen LogP contribution in [0.25, 0.3) is 0 Å². The molecule has 0 aliphatic carbocycles. The Morgan fingerprint density at radius 1 is 1.46 bits per heavy atom. The van der Waals surface area contributed by atoms with Crippen LogP contribution in [0.15, 0.2) is 18.2 Å². The standard InChI is InChI=1S/C9H10ClNO2/c1-11-9-5-12-8-4-6(10)2-3-7(8)13-9/h2-4,9,11H,5H2,1H3. The van der Waals surface area contributed by atoms with Gasteiger partial charge in [-0.3, -0.25) is 5.32 Å². The first-order chi connectivity index (χ1) is 6.29. The fraction of sp³-hybridized carbons (Fsp3) is 0.333. The highest BCUT2D eigenvalue weighted by Gasteiger charge is 2.18. The summed E-state index contributed by atoms with van der Waals surface area (Å²) in [6.45, 7) is 0.504. The zero-order chi connectivity index (χ0) is 9.26. The molecule has 1 heterocycles. The van der Waals surface area contributed by atoms with Gasteiger partial charge in [-0.15, -0.1) is 0 Å². The van der Waals surface area contributed by atoms with Gasteiger partial charge in [0.15, 0.2) is 17.7 Å². The van der Waals surface area contributed by atoms with Crippen molar-refractivity contribution in [3.8, 4) is 11.5 Å². The summed E-state index contributed by atoms with van der Waals surface area (Å²) < 4.78 is 11.0. The molecule has 0 aromatic heterocycles. The lowest BCUT2D eigenvalue weighted by Gasteiger charge is -2.25. The van der Waals surface area contributed by atoms with Gasteiger partial charge in [-0.25, -0.2) is 0 Å². The second kappa shape index (κ2) is 3.44. The molecule has 0 fully saturated rings. The van der Waals surface area contributed by atoms with Gasteiger partial charge in [-0.1, -0.05) is 11.6 Å². The summed E-state index contributed by atoms with van der Waals surface area (Å²) in [5, 5.41) is 3.64. The van der Waals surface area contributed by atoms with Gasteiger partial charge in [-0.2, -0.15) is 0 Å². The number of ether oxygens (including phenoxy) is 2. The van der Waals surface area contributed by atoms with Crippen LogP contribution in [0.2, 0.25) is 5.02 Å². The Labute approximate surface area is 81.6 Å². The first-order valence-corrected chi connectivity index (χ1v) is 4.43. The van der Waals surface area contributed by atoms with E-state index in [0.29, 0.717) is 17.4 Å². The van der Waals surface area contributed by atoms with E-state index in [1.165, 1.54) is 0 Å². The van der Waals surface area contributed by atoms with E-state index in [0.717, 1.165) is 5.75 Å². The molecule has 70 valence electrons. The Morgan fingerprint density at radius 2 is 2.31 bits per heavy atom. The van der Waals surface area contributed by atoms with Crippen LogP contribution < -0.4 is 14.8 Å². The first kappa shape index (κ1) is 8.66. The second-order valence-corrected chi connectivity index (χ2v) is 3.23. The van der Waals surface area contributed by atoms with Crippen molar-refractivity contribution in [1.82, 2.24) is 5.32 Å². The van der Waals surface area contributed by atoms with Crippen molar-refractivity contribution in [3.05, 3.63) is 23.2 Å². The molecule has 4 heteroatoms. The van der Waals surface area contributed by atoms with Crippen molar-refractivity contribution in [2.45, 2.75) is 6.23 Å². The summed E-state index contributed by atoms with van der Waals surface area (Å²) in [6.07, 6.45) is -0.0753. The van der Waals surface area contributed by atoms with Gasteiger partial charge in [0.2, 0.25) is 0 Å². The number of hydrogen-bond donors (Lipinski definition) is 1. The summed E-state index contributed by atoms with van der Waals surface area (Å²) in [5.41, 5.74) is 0. The Bertz CT molecular complexity index is 316. The lowest BCUT2D eigenvalue weighted by molar-refractivity contribution is 0.0726. The van der Waals surface area contributed by atoms with E-state index in [1.54, 1.807) is 18.2 Å². The molecule has 1 aromatic carbocycles. The molecule has 1 atom stereocenters. The maximum atomic E-state index is 5.80. The highest BCUT2D eigenvalue weighted by atomic mass is 35.5. The molecule has 1 aliphatic heterocycles. The van der Waals surface area contributed by atoms with Crippen molar-refractivity contribution in [2.24, 2.45) is 0 Å². The number of halogens is 1. The van der Waals surface area contributed by atoms with Gasteiger partial charge in [-0.05, 0) is 19.2 Å². The second-order valence-electron chi connectivity index (χ2n) is 2.80. The predicted octanol–water partition coefficient (Wildman–Crippen LogP) is 1.66. The van der Waals surface area contributed by atoms with E-state index in [9.17, 15) is 0 Å². The van der Waals surface area contributed by atoms with E-state index in [2.05, 4.69) is 5.32 Å². The zero-order valence-corrected chi connectivity index (χ0v) is 7.97. The van der Waals surface area contributed by atoms with E-state index in [1.807, 2.05) is 7.05 Å². The normalized spacial score (nSPS) is 20.0. The first-order valence-electron chi connectivity index (χ1n) is 4.06. The highest BCUT2D eigenvalue weighted by Crippen LogP contribution is 2.33. The average Bonchev–Trinajstić information content (AvgIpc) is 2.17. The van der Waals surface area contributed by atoms with Crippen LogP contribution in [0.4, 0.5) is 0 Å². The van der Waals surface area contributed by atoms with Crippen LogP contribution >= 0.6 is 11.6 Å². The van der Waals surface area contributed by atoms with Crippen molar-refractivity contribution in [1.29, 1.82) is 0 Å². The number of hydrogen-bond acceptors (Lipinski definition) is 3. The molecule has 0 saturated heterocycles. The lowest BCUT2D eigenvalue weighted by Crippen LogP contribution is -2.39. The zero-order valence-electron chi connectivity index (χ0n) is 7.21. The Kier molecular flexibility index (Phi) is 2.29. The van der Waals surface area contributed by atoms with Gasteiger partial charge in [0.05, 0.1) is 0 Å². The molecule has 2 rings (SSSR count). The van der Waals surface area contributed by atoms with E-state index >= 15 is 0 Å². The summed E-state index contributed by atoms with van der Waals surface area (Å²) in [6, 6.07) is 5.34. The van der Waals surface area contributed by atoms with Crippen LogP contribution in [-0.4, -0.2) is 19.9 Å². The van der Waals surface area contributed by atoms with Crippen LogP contribution in [-0.2, 0) is 0 Å². The number of nitrogens with one attached hydrogen (secondary N) is 1. The highest BCUT2D eigenvalue weighted by molar-refractivity contribution is 6.30. The maximum Gasteiger partial charge on any atom is 0.184 e. The number of fused-ring (bicyclic) bond motifs is 1. The average molecular weight is 200 g/mol. The summed E-state index contributed by atoms with van der Waals surface area (Å²) in [4.78, 5) is 0. The molecular weight excluding hydrogens is 190 g/mol. The van der Waals surface area contributed by atoms with Crippen LogP contribution in [0.5, 0.6) is 11.5 Å². The SMILES string of the molecule is CNC1COc2cc(Cl)ccc2O1. The molecule has 1 aromatic rings. The quantitative estimate of drug-likeness (QED) is 0.746. The topological polar surface area (TPSA) is 30.5 Å². The lowest BCUT2D eigenvalue weighted by atomic mass is 10.3. The molecular formula is C9H10ClNO2. The third-order valence-corrected chi connectivity index (χ3v) is 2.12. The minimum absolute atomic E-state index is 0.0753. The largest absolute Gasteiger partial charge is 0.484 e. The Balaban J connectivity index is 2.26. The molecule has 1 aliphatic rings. The molecule has 0 saturated carbocycles. The Morgan fingerprint density at radius 3 is 3.08 bits per heavy atom. The molecule has 3 nitrogen and oxygen atoms in total. The summed E-state index contributed by atoms with van der Waals surface area (Å²) in [7, 11) is 1.83. The predicted molar refractivity (Wildman–Crippen MR) is 50.4 cm³/mol. The summed E-state index contributed by atoms with van der Waals surface area (Å²) in [5.74, 6) is 1.44. The number of likely N-dealkylation sites (N-methyl/N-ethyl adjacent to an activating group) is 1. The molecule has 0 spiro atoms. The minimum Gasteiger partial charge on any atom is -0.484 e. The van der Waals surface area contributed by atoms with Crippen LogP contribution in [0, 0.1) is 0 Å². The number of benzene rings is 1. The molecule has 1 unspecified atom stereocenters. The van der Waals surface area contributed by atoms with E-state index < -0.39 is 0 Å². The Hall–Kier alpha value is -0.930. The summed E-state index contributed by atoms with van der Waals surface area (Å²) >= 11 is 5.80. The van der Waals surface area contributed by atoms with Crippen molar-refractivity contribution < 1.29 is 9.47 Å². The fourth-order valence-corrected chi connectivity index (χ4v) is 1.35. The van der Waals surface area contributed by atoms with E-state index in [4.69, 9.17) is 21.1 Å². The van der Waals surface area contributed by atoms with Crippen LogP contribution in [0.3, 0.4) is 0 Å². The van der Waals surface area contributed by atoms with Gasteiger partial charge in [0.1, 0.15) is 6.61 Å². The maximum absolute atomic E-state index is 5.80. The molecule has 0 radical (unpaired) electrons. The third kappa shape index (κ3) is 1.71. The minimum atomic E-state index is -0.0753. The molecule has 0 amide bonds. The molecule has 1 N–H and O–H groups in total. The third-order valence-electron chi connectivity index (χ3n) is 1.89. The van der Waals surface area contributed by atoms with Gasteiger partial charge in [0, 0.05) is 11.1 Å².